The highest BCUT2D eigenvalue weighted by Gasteiger charge is 2.16. The Morgan fingerprint density at radius 3 is 2.87 bits per heavy atom. The Morgan fingerprint density at radius 1 is 1.43 bits per heavy atom. The fourth-order valence-electron chi connectivity index (χ4n) is 2.13. The number of ether oxygens (including phenoxy) is 1. The first kappa shape index (κ1) is 17.2. The second kappa shape index (κ2) is 7.89. The number of nitrogens with zero attached hydrogens (tertiary/aromatic N) is 3. The van der Waals surface area contributed by atoms with Crippen LogP contribution in [0.4, 0.5) is 0 Å². The van der Waals surface area contributed by atoms with Crippen molar-refractivity contribution in [1.82, 2.24) is 14.9 Å². The molecule has 0 fully saturated rings. The van der Waals surface area contributed by atoms with Crippen molar-refractivity contribution in [3.05, 3.63) is 53.1 Å². The van der Waals surface area contributed by atoms with E-state index in [0.29, 0.717) is 17.3 Å². The molecule has 0 radical (unpaired) electrons. The monoisotopic (exact) mass is 335 g/mol. The fourth-order valence-corrected chi connectivity index (χ4v) is 2.33. The normalized spacial score (nSPS) is 12.2. The average Bonchev–Trinajstić information content (AvgIpc) is 2.54. The number of hydrogen-bond acceptors (Lipinski definition) is 5. The van der Waals surface area contributed by atoms with Crippen LogP contribution in [0.3, 0.4) is 0 Å². The van der Waals surface area contributed by atoms with Gasteiger partial charge in [-0.25, -0.2) is 14.8 Å². The molecule has 0 bridgehead atoms. The van der Waals surface area contributed by atoms with Crippen LogP contribution in [0.1, 0.15) is 24.2 Å². The summed E-state index contributed by atoms with van der Waals surface area (Å²) in [5, 5.41) is 9.34. The van der Waals surface area contributed by atoms with Crippen LogP contribution in [0.15, 0.2) is 36.8 Å². The largest absolute Gasteiger partial charge is 0.482 e. The van der Waals surface area contributed by atoms with Crippen LogP contribution < -0.4 is 4.74 Å². The fraction of sp³-hybridized carbons (Fsp3) is 0.312. The molecule has 0 saturated carbocycles. The summed E-state index contributed by atoms with van der Waals surface area (Å²) in [7, 11) is 1.95. The standard InChI is InChI=1S/C16H18ClN3O3/c1-11(14-5-6-18-10-19-14)20(2)8-12-7-13(17)3-4-15(12)23-9-16(21)22/h3-7,10-11H,8-9H2,1-2H3,(H,21,22)/t11-/m1/s1. The minimum atomic E-state index is -1.02. The lowest BCUT2D eigenvalue weighted by Crippen LogP contribution is -2.23. The van der Waals surface area contributed by atoms with Crippen LogP contribution in [0.5, 0.6) is 5.75 Å². The van der Waals surface area contributed by atoms with Crippen LogP contribution in [-0.4, -0.2) is 39.6 Å². The second-order valence-electron chi connectivity index (χ2n) is 5.16. The van der Waals surface area contributed by atoms with Crippen molar-refractivity contribution >= 4 is 17.6 Å². The van der Waals surface area contributed by atoms with Gasteiger partial charge < -0.3 is 9.84 Å². The van der Waals surface area contributed by atoms with Crippen LogP contribution in [0.2, 0.25) is 5.02 Å². The summed E-state index contributed by atoms with van der Waals surface area (Å²) in [6.45, 7) is 2.19. The van der Waals surface area contributed by atoms with E-state index < -0.39 is 5.97 Å². The predicted octanol–water partition coefficient (Wildman–Crippen LogP) is 2.79. The molecule has 0 amide bonds. The molecule has 6 nitrogen and oxygen atoms in total. The van der Waals surface area contributed by atoms with E-state index in [2.05, 4.69) is 14.9 Å². The zero-order valence-corrected chi connectivity index (χ0v) is 13.7. The van der Waals surface area contributed by atoms with E-state index in [-0.39, 0.29) is 12.6 Å². The van der Waals surface area contributed by atoms with Crippen molar-refractivity contribution in [2.24, 2.45) is 0 Å². The number of hydrogen-bond donors (Lipinski definition) is 1. The molecule has 23 heavy (non-hydrogen) atoms. The maximum atomic E-state index is 10.7. The van der Waals surface area contributed by atoms with Crippen molar-refractivity contribution in [3.63, 3.8) is 0 Å². The van der Waals surface area contributed by atoms with Gasteiger partial charge >= 0.3 is 5.97 Å². The Morgan fingerprint density at radius 2 is 2.22 bits per heavy atom. The minimum absolute atomic E-state index is 0.0595. The van der Waals surface area contributed by atoms with Crippen molar-refractivity contribution in [3.8, 4) is 5.75 Å². The van der Waals surface area contributed by atoms with E-state index in [1.807, 2.05) is 20.0 Å². The van der Waals surface area contributed by atoms with E-state index in [4.69, 9.17) is 21.4 Å². The number of carboxylic acids is 1. The SMILES string of the molecule is C[C@H](c1ccncn1)N(C)Cc1cc(Cl)ccc1OCC(=O)O. The number of rotatable bonds is 7. The molecule has 0 aliphatic rings. The molecular weight excluding hydrogens is 318 g/mol. The van der Waals surface area contributed by atoms with Gasteiger partial charge in [-0.3, -0.25) is 4.90 Å². The Balaban J connectivity index is 2.14. The number of benzene rings is 1. The molecule has 1 aromatic carbocycles. The molecule has 1 aromatic heterocycles. The third-order valence-corrected chi connectivity index (χ3v) is 3.72. The molecule has 2 aromatic rings. The summed E-state index contributed by atoms with van der Waals surface area (Å²) in [5.41, 5.74) is 1.72. The van der Waals surface area contributed by atoms with Gasteiger partial charge in [0.1, 0.15) is 12.1 Å². The van der Waals surface area contributed by atoms with E-state index in [1.54, 1.807) is 24.4 Å². The Labute approximate surface area is 139 Å². The third kappa shape index (κ3) is 4.91. The zero-order chi connectivity index (χ0) is 16.8. The van der Waals surface area contributed by atoms with Gasteiger partial charge in [-0.1, -0.05) is 11.6 Å². The molecule has 122 valence electrons. The first-order valence-electron chi connectivity index (χ1n) is 7.06. The lowest BCUT2D eigenvalue weighted by Gasteiger charge is -2.25. The molecule has 0 unspecified atom stereocenters. The summed E-state index contributed by atoms with van der Waals surface area (Å²) in [4.78, 5) is 20.9. The van der Waals surface area contributed by atoms with Gasteiger partial charge in [-0.2, -0.15) is 0 Å². The Kier molecular flexibility index (Phi) is 5.90. The number of aromatic nitrogens is 2. The maximum absolute atomic E-state index is 10.7. The van der Waals surface area contributed by atoms with Crippen molar-refractivity contribution in [1.29, 1.82) is 0 Å². The maximum Gasteiger partial charge on any atom is 0.341 e. The molecule has 1 atom stereocenters. The summed E-state index contributed by atoms with van der Waals surface area (Å²) in [6, 6.07) is 7.06. The van der Waals surface area contributed by atoms with E-state index in [1.165, 1.54) is 6.33 Å². The van der Waals surface area contributed by atoms with Crippen molar-refractivity contribution in [2.45, 2.75) is 19.5 Å². The number of halogens is 1. The summed E-state index contributed by atoms with van der Waals surface area (Å²) < 4.78 is 5.33. The Hall–Kier alpha value is -2.18. The molecule has 1 N–H and O–H groups in total. The minimum Gasteiger partial charge on any atom is -0.482 e. The molecule has 0 saturated heterocycles. The molecule has 1 heterocycles. The first-order valence-corrected chi connectivity index (χ1v) is 7.44. The molecular formula is C16H18ClN3O3. The summed E-state index contributed by atoms with van der Waals surface area (Å²) in [5.74, 6) is -0.507. The number of aliphatic carboxylic acids is 1. The van der Waals surface area contributed by atoms with Gasteiger partial charge in [0.25, 0.3) is 0 Å². The van der Waals surface area contributed by atoms with Gasteiger partial charge in [-0.05, 0) is 38.2 Å². The number of carboxylic acid groups (broad SMARTS) is 1. The predicted molar refractivity (Wildman–Crippen MR) is 86.5 cm³/mol. The van der Waals surface area contributed by atoms with Gasteiger partial charge in [0.2, 0.25) is 0 Å². The lowest BCUT2D eigenvalue weighted by atomic mass is 10.1. The van der Waals surface area contributed by atoms with Gasteiger partial charge in [0, 0.05) is 29.4 Å². The highest BCUT2D eigenvalue weighted by molar-refractivity contribution is 6.30. The van der Waals surface area contributed by atoms with Crippen molar-refractivity contribution in [2.75, 3.05) is 13.7 Å². The van der Waals surface area contributed by atoms with Crippen LogP contribution in [0.25, 0.3) is 0 Å². The van der Waals surface area contributed by atoms with Crippen LogP contribution in [0, 0.1) is 0 Å². The van der Waals surface area contributed by atoms with E-state index in [9.17, 15) is 4.79 Å². The molecule has 0 aliphatic heterocycles. The smallest absolute Gasteiger partial charge is 0.341 e. The van der Waals surface area contributed by atoms with E-state index in [0.717, 1.165) is 11.3 Å². The zero-order valence-electron chi connectivity index (χ0n) is 12.9. The second-order valence-corrected chi connectivity index (χ2v) is 5.60. The quantitative estimate of drug-likeness (QED) is 0.838. The highest BCUT2D eigenvalue weighted by atomic mass is 35.5. The van der Waals surface area contributed by atoms with E-state index >= 15 is 0 Å². The van der Waals surface area contributed by atoms with Gasteiger partial charge in [-0.15, -0.1) is 0 Å². The average molecular weight is 336 g/mol. The lowest BCUT2D eigenvalue weighted by molar-refractivity contribution is -0.139. The topological polar surface area (TPSA) is 75.5 Å². The van der Waals surface area contributed by atoms with Crippen LogP contribution in [-0.2, 0) is 11.3 Å². The van der Waals surface area contributed by atoms with Gasteiger partial charge in [0.05, 0.1) is 5.69 Å². The first-order chi connectivity index (χ1) is 11.0. The number of carbonyl (C=O) groups is 1. The van der Waals surface area contributed by atoms with Crippen LogP contribution >= 0.6 is 11.6 Å². The molecule has 7 heteroatoms. The third-order valence-electron chi connectivity index (χ3n) is 3.49. The van der Waals surface area contributed by atoms with Gasteiger partial charge in [0.15, 0.2) is 6.61 Å². The molecule has 0 spiro atoms. The molecule has 0 aliphatic carbocycles. The summed E-state index contributed by atoms with van der Waals surface area (Å²) in [6.07, 6.45) is 3.22. The summed E-state index contributed by atoms with van der Waals surface area (Å²) >= 11 is 6.05. The highest BCUT2D eigenvalue weighted by Crippen LogP contribution is 2.27. The Bertz CT molecular complexity index is 667. The molecule has 2 rings (SSSR count). The van der Waals surface area contributed by atoms with Crippen molar-refractivity contribution < 1.29 is 14.6 Å².